The molecule has 0 aliphatic carbocycles. The monoisotopic (exact) mass is 569 g/mol. The normalized spacial score (nSPS) is 11.0. The summed E-state index contributed by atoms with van der Waals surface area (Å²) in [6.07, 6.45) is 1.07. The van der Waals surface area contributed by atoms with Gasteiger partial charge in [-0.15, -0.1) is 0 Å². The molecule has 0 saturated carbocycles. The van der Waals surface area contributed by atoms with E-state index in [1.807, 2.05) is 6.92 Å². The quantitative estimate of drug-likeness (QED) is 0.0402. The number of carboxylic acid groups (broad SMARTS) is 1. The van der Waals surface area contributed by atoms with Crippen LogP contribution in [0.15, 0.2) is 36.5 Å². The number of Topliss-reactive ketones (excluding diaryl/α,β-unsaturated/α-hetero) is 1. The van der Waals surface area contributed by atoms with Gasteiger partial charge >= 0.3 is 41.5 Å². The van der Waals surface area contributed by atoms with E-state index in [0.29, 0.717) is 6.42 Å². The molecule has 38 heavy (non-hydrogen) atoms. The number of rotatable bonds is 16. The molecule has 1 atom stereocenters. The SMILES string of the molecule is C=C(C(=C)C(=O)NC(C(C)C)S(=O)(=O)OCCCC)C(=O)[O-].C=C(C)C(=O)OCCOC(=O)CC(C)=O.[Na+]. The molecule has 0 radical (unpaired) electrons. The van der Waals surface area contributed by atoms with E-state index in [4.69, 9.17) is 4.18 Å². The second kappa shape index (κ2) is 20.6. The van der Waals surface area contributed by atoms with Crippen molar-refractivity contribution in [3.63, 3.8) is 0 Å². The molecule has 0 bridgehead atoms. The zero-order chi connectivity index (χ0) is 29.3. The Morgan fingerprint density at radius 2 is 1.45 bits per heavy atom. The summed E-state index contributed by atoms with van der Waals surface area (Å²) in [7, 11) is -4.03. The Kier molecular flexibility index (Phi) is 21.8. The van der Waals surface area contributed by atoms with E-state index in [-0.39, 0.29) is 67.2 Å². The number of esters is 2. The summed E-state index contributed by atoms with van der Waals surface area (Å²) < 4.78 is 38.3. The van der Waals surface area contributed by atoms with Gasteiger partial charge in [-0.25, -0.2) is 4.79 Å². The second-order valence-corrected chi connectivity index (χ2v) is 9.80. The number of carboxylic acids is 1. The van der Waals surface area contributed by atoms with Crippen LogP contribution in [0.4, 0.5) is 0 Å². The van der Waals surface area contributed by atoms with Gasteiger partial charge in [0, 0.05) is 16.7 Å². The number of hydrogen-bond acceptors (Lipinski definition) is 11. The van der Waals surface area contributed by atoms with Crippen molar-refractivity contribution in [1.82, 2.24) is 5.32 Å². The maximum atomic E-state index is 12.1. The van der Waals surface area contributed by atoms with Crippen LogP contribution in [0.25, 0.3) is 0 Å². The van der Waals surface area contributed by atoms with E-state index in [1.54, 1.807) is 13.8 Å². The summed E-state index contributed by atoms with van der Waals surface area (Å²) in [5, 5.41) is 11.5. The molecule has 210 valence electrons. The fraction of sp³-hybridized carbons (Fsp3) is 0.542. The number of hydrogen-bond donors (Lipinski definition) is 1. The van der Waals surface area contributed by atoms with E-state index in [0.717, 1.165) is 6.42 Å². The summed E-state index contributed by atoms with van der Waals surface area (Å²) >= 11 is 0. The van der Waals surface area contributed by atoms with E-state index >= 15 is 0 Å². The summed E-state index contributed by atoms with van der Waals surface area (Å²) in [6.45, 7) is 17.6. The van der Waals surface area contributed by atoms with E-state index in [1.165, 1.54) is 13.8 Å². The molecule has 1 unspecified atom stereocenters. The molecule has 12 nitrogen and oxygen atoms in total. The van der Waals surface area contributed by atoms with Gasteiger partial charge < -0.3 is 24.7 Å². The van der Waals surface area contributed by atoms with E-state index < -0.39 is 56.4 Å². The first kappa shape index (κ1) is 40.2. The Hall–Kier alpha value is -2.32. The van der Waals surface area contributed by atoms with Crippen molar-refractivity contribution in [3.8, 4) is 0 Å². The molecule has 0 rings (SSSR count). The summed E-state index contributed by atoms with van der Waals surface area (Å²) in [4.78, 5) is 54.7. The fourth-order valence-electron chi connectivity index (χ4n) is 2.11. The van der Waals surface area contributed by atoms with Gasteiger partial charge in [-0.3, -0.25) is 18.6 Å². The number of carbonyl (C=O) groups is 5. The summed E-state index contributed by atoms with van der Waals surface area (Å²) in [5.41, 5.74) is -0.788. The minimum atomic E-state index is -4.03. The molecule has 0 aromatic rings. The average molecular weight is 570 g/mol. The van der Waals surface area contributed by atoms with Crippen LogP contribution in [0.2, 0.25) is 0 Å². The number of ketones is 1. The van der Waals surface area contributed by atoms with Crippen molar-refractivity contribution in [2.45, 2.75) is 59.3 Å². The van der Waals surface area contributed by atoms with Crippen molar-refractivity contribution in [2.24, 2.45) is 5.92 Å². The molecule has 0 saturated heterocycles. The third kappa shape index (κ3) is 18.0. The van der Waals surface area contributed by atoms with Gasteiger partial charge in [-0.2, -0.15) is 8.42 Å². The van der Waals surface area contributed by atoms with Crippen molar-refractivity contribution >= 4 is 39.7 Å². The standard InChI is InChI=1S/C14H23NO6S.C10H14O5.Na/c1-6-7-8-21-22(19,20)13(9(2)3)15-12(16)10(4)11(5)14(17)18;1-7(2)10(13)15-5-4-14-9(12)6-8(3)11;/h9,13H,4-8H2,1-3H3,(H,15,16)(H,17,18);1,4-6H2,2-3H3;/q;;+1/p-1. The molecule has 0 fully saturated rings. The van der Waals surface area contributed by atoms with Crippen LogP contribution in [-0.2, 0) is 47.7 Å². The van der Waals surface area contributed by atoms with Crippen LogP contribution in [-0.4, -0.2) is 63.2 Å². The van der Waals surface area contributed by atoms with Gasteiger partial charge in [0.25, 0.3) is 16.0 Å². The molecule has 0 aliphatic rings. The van der Waals surface area contributed by atoms with E-state index in [9.17, 15) is 37.5 Å². The molecule has 1 amide bonds. The molecular weight excluding hydrogens is 533 g/mol. The predicted octanol–water partition coefficient (Wildman–Crippen LogP) is -2.27. The number of unbranched alkanes of at least 4 members (excludes halogenated alkanes) is 1. The van der Waals surface area contributed by atoms with Crippen LogP contribution < -0.4 is 40.0 Å². The van der Waals surface area contributed by atoms with Crippen molar-refractivity contribution in [3.05, 3.63) is 36.5 Å². The predicted molar refractivity (Wildman–Crippen MR) is 132 cm³/mol. The number of aliphatic carboxylic acids is 1. The molecule has 14 heteroatoms. The van der Waals surface area contributed by atoms with Crippen LogP contribution in [0.5, 0.6) is 0 Å². The Morgan fingerprint density at radius 1 is 0.921 bits per heavy atom. The van der Waals surface area contributed by atoms with Crippen LogP contribution in [0.1, 0.15) is 53.9 Å². The van der Waals surface area contributed by atoms with Gasteiger partial charge in [0.2, 0.25) is 0 Å². The summed E-state index contributed by atoms with van der Waals surface area (Å²) in [5.74, 6) is -4.50. The zero-order valence-corrected chi connectivity index (χ0v) is 25.7. The van der Waals surface area contributed by atoms with Gasteiger partial charge in [-0.05, 0) is 26.2 Å². The number of amides is 1. The Morgan fingerprint density at radius 3 is 1.87 bits per heavy atom. The fourth-order valence-corrected chi connectivity index (χ4v) is 3.52. The molecule has 1 N–H and O–H groups in total. The maximum Gasteiger partial charge on any atom is 1.00 e. The minimum absolute atomic E-state index is 0. The van der Waals surface area contributed by atoms with Crippen LogP contribution >= 0.6 is 0 Å². The first-order chi connectivity index (χ1) is 17.0. The molecule has 0 heterocycles. The molecule has 0 aromatic heterocycles. The Bertz CT molecular complexity index is 987. The molecular formula is C24H36NNaO11S. The van der Waals surface area contributed by atoms with Gasteiger partial charge in [0.15, 0.2) is 5.37 Å². The minimum Gasteiger partial charge on any atom is -0.545 e. The maximum absolute atomic E-state index is 12.1. The van der Waals surface area contributed by atoms with Crippen LogP contribution in [0, 0.1) is 5.92 Å². The molecule has 0 spiro atoms. The molecule has 0 aromatic carbocycles. The summed E-state index contributed by atoms with van der Waals surface area (Å²) in [6, 6.07) is 0. The smallest absolute Gasteiger partial charge is 0.545 e. The number of ether oxygens (including phenoxy) is 2. The Balaban J connectivity index is -0.000000672. The largest absolute Gasteiger partial charge is 1.00 e. The topological polar surface area (TPSA) is 182 Å². The number of nitrogens with one attached hydrogen (secondary N) is 1. The van der Waals surface area contributed by atoms with Gasteiger partial charge in [0.05, 0.1) is 12.6 Å². The third-order valence-electron chi connectivity index (χ3n) is 4.14. The average Bonchev–Trinajstić information content (AvgIpc) is 2.78. The molecule has 0 aliphatic heterocycles. The van der Waals surface area contributed by atoms with Crippen molar-refractivity contribution in [2.75, 3.05) is 19.8 Å². The number of carbonyl (C=O) groups excluding carboxylic acids is 5. The Labute approximate surface area is 246 Å². The third-order valence-corrected chi connectivity index (χ3v) is 5.92. The van der Waals surface area contributed by atoms with E-state index in [2.05, 4.69) is 34.5 Å². The first-order valence-corrected chi connectivity index (χ1v) is 12.7. The van der Waals surface area contributed by atoms with Crippen LogP contribution in [0.3, 0.4) is 0 Å². The van der Waals surface area contributed by atoms with Gasteiger partial charge in [0.1, 0.15) is 25.4 Å². The second-order valence-electron chi connectivity index (χ2n) is 8.07. The van der Waals surface area contributed by atoms with Gasteiger partial charge in [-0.1, -0.05) is 46.9 Å². The van der Waals surface area contributed by atoms with Crippen molar-refractivity contribution < 1.29 is 80.7 Å². The first-order valence-electron chi connectivity index (χ1n) is 11.2. The van der Waals surface area contributed by atoms with Crippen molar-refractivity contribution in [1.29, 1.82) is 0 Å². The zero-order valence-electron chi connectivity index (χ0n) is 22.9.